The third-order valence-corrected chi connectivity index (χ3v) is 4.13. The van der Waals surface area contributed by atoms with E-state index in [4.69, 9.17) is 16.7 Å². The Morgan fingerprint density at radius 1 is 1.33 bits per heavy atom. The first kappa shape index (κ1) is 13.7. The minimum atomic E-state index is 0.273. The lowest BCUT2D eigenvalue weighted by Gasteiger charge is -2.31. The maximum absolute atomic E-state index is 9.89. The fraction of sp³-hybridized carbons (Fsp3) is 0.571. The van der Waals surface area contributed by atoms with Crippen LogP contribution in [-0.4, -0.2) is 34.8 Å². The van der Waals surface area contributed by atoms with E-state index in [-0.39, 0.29) is 5.75 Å². The number of phenolic OH excluding ortho intramolecular Hbond substituents is 1. The monoisotopic (exact) mass is 269 g/mol. The zero-order valence-electron chi connectivity index (χ0n) is 10.7. The van der Waals surface area contributed by atoms with Gasteiger partial charge in [0.15, 0.2) is 0 Å². The first-order valence-electron chi connectivity index (χ1n) is 6.41. The molecule has 1 aromatic rings. The van der Waals surface area contributed by atoms with E-state index in [1.165, 1.54) is 0 Å². The van der Waals surface area contributed by atoms with Crippen LogP contribution in [0.4, 0.5) is 0 Å². The quantitative estimate of drug-likeness (QED) is 0.886. The number of aromatic hydroxyl groups is 1. The van der Waals surface area contributed by atoms with E-state index in [0.717, 1.165) is 43.6 Å². The predicted molar refractivity (Wildman–Crippen MR) is 72.9 cm³/mol. The van der Waals surface area contributed by atoms with Crippen molar-refractivity contribution in [2.75, 3.05) is 19.7 Å². The molecule has 1 aliphatic heterocycles. The number of aliphatic hydroxyl groups is 1. The Morgan fingerprint density at radius 2 is 2.00 bits per heavy atom. The average molecular weight is 270 g/mol. The summed E-state index contributed by atoms with van der Waals surface area (Å²) < 4.78 is 0. The van der Waals surface area contributed by atoms with Crippen LogP contribution in [0.5, 0.6) is 5.75 Å². The minimum Gasteiger partial charge on any atom is -0.508 e. The number of nitrogens with zero attached hydrogens (tertiary/aromatic N) is 1. The highest BCUT2D eigenvalue weighted by Gasteiger charge is 2.19. The van der Waals surface area contributed by atoms with Gasteiger partial charge in [-0.1, -0.05) is 11.6 Å². The molecule has 0 aliphatic carbocycles. The normalized spacial score (nSPS) is 18.2. The molecule has 2 N–H and O–H groups in total. The van der Waals surface area contributed by atoms with Gasteiger partial charge in [0, 0.05) is 23.7 Å². The van der Waals surface area contributed by atoms with Crippen molar-refractivity contribution in [3.63, 3.8) is 0 Å². The van der Waals surface area contributed by atoms with Crippen molar-refractivity contribution in [3.05, 3.63) is 28.3 Å². The average Bonchev–Trinajstić information content (AvgIpc) is 2.37. The third-order valence-electron chi connectivity index (χ3n) is 3.72. The molecule has 1 aromatic carbocycles. The maximum atomic E-state index is 9.89. The highest BCUT2D eigenvalue weighted by Crippen LogP contribution is 2.28. The van der Waals surface area contributed by atoms with Crippen LogP contribution >= 0.6 is 11.6 Å². The molecule has 0 aromatic heterocycles. The summed E-state index contributed by atoms with van der Waals surface area (Å²) in [6.07, 6.45) is 2.06. The lowest BCUT2D eigenvalue weighted by Crippen LogP contribution is -2.34. The van der Waals surface area contributed by atoms with Crippen molar-refractivity contribution in [1.29, 1.82) is 0 Å². The number of phenols is 1. The van der Waals surface area contributed by atoms with E-state index < -0.39 is 0 Å². The van der Waals surface area contributed by atoms with E-state index in [1.54, 1.807) is 6.07 Å². The van der Waals surface area contributed by atoms with Crippen molar-refractivity contribution in [2.45, 2.75) is 26.3 Å². The molecule has 0 bridgehead atoms. The predicted octanol–water partition coefficient (Wildman–Crippen LogP) is 2.56. The molecule has 18 heavy (non-hydrogen) atoms. The summed E-state index contributed by atoms with van der Waals surface area (Å²) in [4.78, 5) is 2.31. The Kier molecular flexibility index (Phi) is 4.49. The second-order valence-corrected chi connectivity index (χ2v) is 5.54. The summed E-state index contributed by atoms with van der Waals surface area (Å²) in [5.74, 6) is 0.719. The second kappa shape index (κ2) is 5.91. The molecule has 0 amide bonds. The summed E-state index contributed by atoms with van der Waals surface area (Å²) in [6.45, 7) is 4.95. The van der Waals surface area contributed by atoms with Crippen LogP contribution in [0.3, 0.4) is 0 Å². The van der Waals surface area contributed by atoms with Crippen LogP contribution in [0.2, 0.25) is 5.02 Å². The lowest BCUT2D eigenvalue weighted by atomic mass is 9.97. The number of piperidine rings is 1. The largest absolute Gasteiger partial charge is 0.508 e. The number of halogens is 1. The van der Waals surface area contributed by atoms with E-state index in [2.05, 4.69) is 4.90 Å². The van der Waals surface area contributed by atoms with E-state index >= 15 is 0 Å². The Bertz CT molecular complexity index is 415. The Labute approximate surface area is 113 Å². The van der Waals surface area contributed by atoms with Crippen LogP contribution < -0.4 is 0 Å². The smallest absolute Gasteiger partial charge is 0.121 e. The number of hydrogen-bond acceptors (Lipinski definition) is 3. The highest BCUT2D eigenvalue weighted by molar-refractivity contribution is 6.31. The number of aliphatic hydroxyl groups excluding tert-OH is 1. The van der Waals surface area contributed by atoms with Crippen LogP contribution in [0, 0.1) is 12.8 Å². The molecule has 2 rings (SSSR count). The molecule has 0 spiro atoms. The van der Waals surface area contributed by atoms with Gasteiger partial charge in [0.25, 0.3) is 0 Å². The maximum Gasteiger partial charge on any atom is 0.121 e. The fourth-order valence-corrected chi connectivity index (χ4v) is 2.58. The number of aryl methyl sites for hydroxylation is 1. The number of likely N-dealkylation sites (tertiary alicyclic amines) is 1. The van der Waals surface area contributed by atoms with Gasteiger partial charge in [0.05, 0.1) is 0 Å². The van der Waals surface area contributed by atoms with Crippen molar-refractivity contribution in [2.24, 2.45) is 5.92 Å². The van der Waals surface area contributed by atoms with E-state index in [0.29, 0.717) is 17.5 Å². The van der Waals surface area contributed by atoms with Gasteiger partial charge in [-0.15, -0.1) is 0 Å². The Balaban J connectivity index is 2.00. The Morgan fingerprint density at radius 3 is 2.61 bits per heavy atom. The number of rotatable bonds is 3. The van der Waals surface area contributed by atoms with Gasteiger partial charge in [-0.2, -0.15) is 0 Å². The third kappa shape index (κ3) is 3.16. The zero-order valence-corrected chi connectivity index (χ0v) is 11.5. The van der Waals surface area contributed by atoms with E-state index in [9.17, 15) is 5.11 Å². The molecule has 1 heterocycles. The van der Waals surface area contributed by atoms with Gasteiger partial charge < -0.3 is 10.2 Å². The van der Waals surface area contributed by atoms with Crippen molar-refractivity contribution < 1.29 is 10.2 Å². The number of benzene rings is 1. The number of hydrogen-bond donors (Lipinski definition) is 2. The van der Waals surface area contributed by atoms with Crippen LogP contribution in [0.15, 0.2) is 12.1 Å². The molecule has 0 saturated carbocycles. The highest BCUT2D eigenvalue weighted by atomic mass is 35.5. The first-order chi connectivity index (χ1) is 8.60. The summed E-state index contributed by atoms with van der Waals surface area (Å²) in [5.41, 5.74) is 1.93. The van der Waals surface area contributed by atoms with Crippen LogP contribution in [0.1, 0.15) is 24.0 Å². The second-order valence-electron chi connectivity index (χ2n) is 5.13. The summed E-state index contributed by atoms with van der Waals surface area (Å²) >= 11 is 5.97. The van der Waals surface area contributed by atoms with Crippen LogP contribution in [-0.2, 0) is 6.54 Å². The van der Waals surface area contributed by atoms with E-state index in [1.807, 2.05) is 13.0 Å². The van der Waals surface area contributed by atoms with Crippen molar-refractivity contribution >= 4 is 11.6 Å². The molecule has 1 aliphatic rings. The Hall–Kier alpha value is -0.770. The van der Waals surface area contributed by atoms with Gasteiger partial charge in [-0.25, -0.2) is 0 Å². The molecule has 0 radical (unpaired) electrons. The molecule has 0 atom stereocenters. The molecule has 4 heteroatoms. The van der Waals surface area contributed by atoms with Crippen molar-refractivity contribution in [3.8, 4) is 5.75 Å². The van der Waals surface area contributed by atoms with Gasteiger partial charge in [-0.3, -0.25) is 4.90 Å². The molecule has 1 saturated heterocycles. The van der Waals surface area contributed by atoms with Crippen molar-refractivity contribution in [1.82, 2.24) is 4.90 Å². The topological polar surface area (TPSA) is 43.7 Å². The SMILES string of the molecule is Cc1cc(CN2CCC(CO)CC2)c(O)cc1Cl. The van der Waals surface area contributed by atoms with Gasteiger partial charge in [0.2, 0.25) is 0 Å². The summed E-state index contributed by atoms with van der Waals surface area (Å²) in [6, 6.07) is 3.57. The van der Waals surface area contributed by atoms with Gasteiger partial charge in [-0.05, 0) is 56.5 Å². The molecule has 0 unspecified atom stereocenters. The molecular formula is C14H20ClNO2. The van der Waals surface area contributed by atoms with Crippen LogP contribution in [0.25, 0.3) is 0 Å². The molecule has 3 nitrogen and oxygen atoms in total. The molecule has 100 valence electrons. The lowest BCUT2D eigenvalue weighted by molar-refractivity contribution is 0.127. The summed E-state index contributed by atoms with van der Waals surface area (Å²) in [7, 11) is 0. The molecule has 1 fully saturated rings. The standard InChI is InChI=1S/C14H20ClNO2/c1-10-6-12(14(18)7-13(10)15)8-16-4-2-11(9-17)3-5-16/h6-7,11,17-18H,2-5,8-9H2,1H3. The summed E-state index contributed by atoms with van der Waals surface area (Å²) in [5, 5.41) is 19.6. The zero-order chi connectivity index (χ0) is 13.1. The first-order valence-corrected chi connectivity index (χ1v) is 6.79. The molecular weight excluding hydrogens is 250 g/mol. The van der Waals surface area contributed by atoms with Gasteiger partial charge >= 0.3 is 0 Å². The fourth-order valence-electron chi connectivity index (χ4n) is 2.43. The minimum absolute atomic E-state index is 0.273. The van der Waals surface area contributed by atoms with Gasteiger partial charge in [0.1, 0.15) is 5.75 Å².